The summed E-state index contributed by atoms with van der Waals surface area (Å²) in [4.78, 5) is 12.4. The van der Waals surface area contributed by atoms with Crippen LogP contribution in [0, 0.1) is 0 Å². The number of nitrogens with one attached hydrogen (secondary N) is 1. The normalized spacial score (nSPS) is 14.2. The summed E-state index contributed by atoms with van der Waals surface area (Å²) >= 11 is 0. The monoisotopic (exact) mass is 643 g/mol. The van der Waals surface area contributed by atoms with Crippen LogP contribution in [-0.4, -0.2) is 80.4 Å². The van der Waals surface area contributed by atoms with Crippen molar-refractivity contribution in [3.05, 3.63) is 59.7 Å². The molecule has 0 bridgehead atoms. The smallest absolute Gasteiger partial charge is 0.407 e. The van der Waals surface area contributed by atoms with Crippen molar-refractivity contribution in [2.75, 3.05) is 52.0 Å². The second-order valence-corrected chi connectivity index (χ2v) is 13.9. The summed E-state index contributed by atoms with van der Waals surface area (Å²) in [5.74, 6) is -0.0614. The Bertz CT molecular complexity index is 1160. The summed E-state index contributed by atoms with van der Waals surface area (Å²) in [7, 11) is -6.45. The Kier molecular flexibility index (Phi) is 16.1. The zero-order valence-corrected chi connectivity index (χ0v) is 27.6. The van der Waals surface area contributed by atoms with Crippen LogP contribution in [0.15, 0.2) is 48.5 Å². The predicted molar refractivity (Wildman–Crippen MR) is 167 cm³/mol. The topological polar surface area (TPSA) is 150 Å². The minimum Gasteiger partial charge on any atom is -0.449 e. The molecule has 242 valence electrons. The van der Waals surface area contributed by atoms with Gasteiger partial charge in [0.15, 0.2) is 0 Å². The summed E-state index contributed by atoms with van der Waals surface area (Å²) in [6.07, 6.45) is -0.774. The fourth-order valence-corrected chi connectivity index (χ4v) is 8.35. The van der Waals surface area contributed by atoms with Gasteiger partial charge in [-0.1, -0.05) is 55.5 Å². The van der Waals surface area contributed by atoms with Crippen molar-refractivity contribution in [2.45, 2.75) is 59.1 Å². The van der Waals surface area contributed by atoms with Crippen LogP contribution in [0.5, 0.6) is 0 Å². The summed E-state index contributed by atoms with van der Waals surface area (Å²) in [5, 5.41) is 21.5. The number of rotatable bonds is 17. The Morgan fingerprint density at radius 1 is 0.791 bits per heavy atom. The van der Waals surface area contributed by atoms with Crippen LogP contribution in [0.4, 0.5) is 4.79 Å². The Balaban J connectivity index is 0.000000420. The van der Waals surface area contributed by atoms with E-state index in [1.165, 1.54) is 0 Å². The first-order valence-corrected chi connectivity index (χ1v) is 18.2. The molecule has 2 atom stereocenters. The molecular formula is C30H47NO10P2. The van der Waals surface area contributed by atoms with Crippen molar-refractivity contribution < 1.29 is 47.0 Å². The number of aliphatic hydroxyl groups excluding tert-OH is 2. The summed E-state index contributed by atoms with van der Waals surface area (Å²) in [6.45, 7) is 9.60. The molecule has 1 aliphatic carbocycles. The number of benzene rings is 2. The minimum atomic E-state index is -3.41. The predicted octanol–water partition coefficient (Wildman–Crippen LogP) is 6.18. The Morgan fingerprint density at radius 2 is 1.23 bits per heavy atom. The largest absolute Gasteiger partial charge is 0.449 e. The van der Waals surface area contributed by atoms with Crippen LogP contribution < -0.4 is 5.32 Å². The van der Waals surface area contributed by atoms with Gasteiger partial charge in [-0.3, -0.25) is 9.13 Å². The van der Waals surface area contributed by atoms with Gasteiger partial charge in [0.05, 0.1) is 57.5 Å². The summed E-state index contributed by atoms with van der Waals surface area (Å²) < 4.78 is 50.4. The van der Waals surface area contributed by atoms with Gasteiger partial charge in [-0.2, -0.15) is 0 Å². The number of carbonyl (C=O) groups is 1. The van der Waals surface area contributed by atoms with Gasteiger partial charge in [0.25, 0.3) is 0 Å². The molecule has 3 rings (SSSR count). The molecule has 0 fully saturated rings. The Morgan fingerprint density at radius 3 is 1.65 bits per heavy atom. The number of fused-ring (bicyclic) bond motifs is 3. The lowest BCUT2D eigenvalue weighted by Gasteiger charge is -2.23. The van der Waals surface area contributed by atoms with Crippen molar-refractivity contribution in [1.82, 2.24) is 5.32 Å². The van der Waals surface area contributed by atoms with Crippen molar-refractivity contribution in [1.29, 1.82) is 0 Å². The molecule has 0 heterocycles. The maximum absolute atomic E-state index is 12.7. The molecule has 0 saturated carbocycles. The van der Waals surface area contributed by atoms with E-state index in [1.807, 2.05) is 43.3 Å². The molecular weight excluding hydrogens is 596 g/mol. The Labute approximate surface area is 255 Å². The molecule has 3 N–H and O–H groups in total. The number of hydrogen-bond acceptors (Lipinski definition) is 10. The average Bonchev–Trinajstić information content (AvgIpc) is 3.30. The van der Waals surface area contributed by atoms with Gasteiger partial charge in [-0.15, -0.1) is 0 Å². The van der Waals surface area contributed by atoms with Gasteiger partial charge in [-0.05, 0) is 56.4 Å². The summed E-state index contributed by atoms with van der Waals surface area (Å²) in [6, 6.07) is 15.3. The van der Waals surface area contributed by atoms with E-state index in [4.69, 9.17) is 22.8 Å². The number of aliphatic hydroxyl groups is 2. The second kappa shape index (κ2) is 18.7. The van der Waals surface area contributed by atoms with Crippen LogP contribution in [0.2, 0.25) is 0 Å². The lowest BCUT2D eigenvalue weighted by atomic mass is 9.98. The SMILES string of the molecule is CCOP(=O)(CC(CO)NC(=O)OCC1c2ccccc2-c2ccccc21)OCC.CCOP(=O)(CC(O)CC)OCC. The third-order valence-electron chi connectivity index (χ3n) is 6.54. The van der Waals surface area contributed by atoms with Gasteiger partial charge in [-0.25, -0.2) is 4.79 Å². The molecule has 2 aromatic rings. The quantitative estimate of drug-likeness (QED) is 0.171. The molecule has 0 spiro atoms. The standard InChI is InChI=1S/C22H28NO6P.C8H19O4P/c1-3-28-30(26,29-4-2)15-16(13-24)23-22(25)27-14-21-19-11-7-5-9-17(19)18-10-6-8-12-20(18)21;1-4-8(9)7-13(10,11-5-2)12-6-3/h5-12,16,21,24H,3-4,13-15H2,1-2H3,(H,23,25);8-9H,4-7H2,1-3H3. The number of carbonyl (C=O) groups excluding carboxylic acids is 1. The molecule has 0 radical (unpaired) electrons. The van der Waals surface area contributed by atoms with E-state index in [2.05, 4.69) is 17.4 Å². The zero-order valence-electron chi connectivity index (χ0n) is 25.8. The number of ether oxygens (including phenoxy) is 1. The average molecular weight is 644 g/mol. The first kappa shape index (κ1) is 37.1. The van der Waals surface area contributed by atoms with E-state index in [0.29, 0.717) is 19.6 Å². The third kappa shape index (κ3) is 11.4. The van der Waals surface area contributed by atoms with E-state index in [0.717, 1.165) is 22.3 Å². The van der Waals surface area contributed by atoms with E-state index in [9.17, 15) is 24.1 Å². The van der Waals surface area contributed by atoms with E-state index < -0.39 is 40.0 Å². The molecule has 11 nitrogen and oxygen atoms in total. The van der Waals surface area contributed by atoms with Gasteiger partial charge in [0.1, 0.15) is 6.61 Å². The summed E-state index contributed by atoms with van der Waals surface area (Å²) in [5.41, 5.74) is 4.51. The molecule has 1 aliphatic rings. The molecule has 0 aromatic heterocycles. The highest BCUT2D eigenvalue weighted by molar-refractivity contribution is 7.54. The van der Waals surface area contributed by atoms with Crippen LogP contribution in [0.25, 0.3) is 11.1 Å². The van der Waals surface area contributed by atoms with Gasteiger partial charge < -0.3 is 38.4 Å². The molecule has 0 saturated heterocycles. The van der Waals surface area contributed by atoms with E-state index >= 15 is 0 Å². The highest BCUT2D eigenvalue weighted by Gasteiger charge is 2.32. The highest BCUT2D eigenvalue weighted by Crippen LogP contribution is 2.49. The fourth-order valence-electron chi connectivity index (χ4n) is 4.69. The van der Waals surface area contributed by atoms with Crippen molar-refractivity contribution in [3.63, 3.8) is 0 Å². The zero-order chi connectivity index (χ0) is 31.9. The number of alkyl carbamates (subject to hydrolysis) is 1. The number of hydrogen-bond donors (Lipinski definition) is 3. The van der Waals surface area contributed by atoms with Crippen molar-refractivity contribution >= 4 is 21.3 Å². The molecule has 1 amide bonds. The molecule has 2 unspecified atom stereocenters. The lowest BCUT2D eigenvalue weighted by Crippen LogP contribution is -2.41. The lowest BCUT2D eigenvalue weighted by molar-refractivity contribution is 0.133. The van der Waals surface area contributed by atoms with Crippen LogP contribution in [-0.2, 0) is 32.0 Å². The minimum absolute atomic E-state index is 0.0614. The molecule has 13 heteroatoms. The Hall–Kier alpha value is -2.07. The van der Waals surface area contributed by atoms with Gasteiger partial charge >= 0.3 is 21.3 Å². The van der Waals surface area contributed by atoms with Crippen molar-refractivity contribution in [2.24, 2.45) is 0 Å². The third-order valence-corrected chi connectivity index (χ3v) is 10.9. The maximum atomic E-state index is 12.7. The number of amides is 1. The molecule has 43 heavy (non-hydrogen) atoms. The van der Waals surface area contributed by atoms with E-state index in [1.54, 1.807) is 27.7 Å². The van der Waals surface area contributed by atoms with Crippen LogP contribution in [0.1, 0.15) is 58.1 Å². The van der Waals surface area contributed by atoms with Gasteiger partial charge in [0.2, 0.25) is 0 Å². The van der Waals surface area contributed by atoms with Crippen molar-refractivity contribution in [3.8, 4) is 11.1 Å². The second-order valence-electron chi connectivity index (χ2n) is 9.67. The van der Waals surface area contributed by atoms with Crippen LogP contribution >= 0.6 is 15.2 Å². The molecule has 0 aliphatic heterocycles. The fraction of sp³-hybridized carbons (Fsp3) is 0.567. The van der Waals surface area contributed by atoms with Crippen LogP contribution in [0.3, 0.4) is 0 Å². The first-order chi connectivity index (χ1) is 20.6. The highest BCUT2D eigenvalue weighted by atomic mass is 31.2. The first-order valence-electron chi connectivity index (χ1n) is 14.8. The van der Waals surface area contributed by atoms with E-state index in [-0.39, 0.29) is 38.1 Å². The maximum Gasteiger partial charge on any atom is 0.407 e. The van der Waals surface area contributed by atoms with Gasteiger partial charge in [0, 0.05) is 5.92 Å². The molecule has 2 aromatic carbocycles.